The lowest BCUT2D eigenvalue weighted by Crippen LogP contribution is -2.61. The number of carboxylic acid groups (broad SMARTS) is 1. The molecule has 0 aromatic carbocycles. The van der Waals surface area contributed by atoms with Crippen LogP contribution in [0.2, 0.25) is 0 Å². The van der Waals surface area contributed by atoms with Gasteiger partial charge >= 0.3 is 6.16 Å². The molecule has 2 saturated heterocycles. The van der Waals surface area contributed by atoms with Crippen LogP contribution in [-0.4, -0.2) is 62.7 Å². The van der Waals surface area contributed by atoms with Crippen molar-refractivity contribution in [3.63, 3.8) is 0 Å². The summed E-state index contributed by atoms with van der Waals surface area (Å²) in [7, 11) is 0. The Balaban J connectivity index is 1.64. The molecule has 27 heavy (non-hydrogen) atoms. The molecule has 0 aromatic rings. The molecule has 0 spiro atoms. The molecule has 9 heteroatoms. The van der Waals surface area contributed by atoms with Crippen molar-refractivity contribution in [2.75, 3.05) is 6.54 Å². The number of rotatable bonds is 7. The van der Waals surface area contributed by atoms with Gasteiger partial charge < -0.3 is 26.0 Å². The molecule has 0 bridgehead atoms. The summed E-state index contributed by atoms with van der Waals surface area (Å²) in [6.07, 6.45) is 1.23. The molecular weight excluding hydrogens is 370 g/mol. The highest BCUT2D eigenvalue weighted by Gasteiger charge is 2.57. The van der Waals surface area contributed by atoms with E-state index >= 15 is 0 Å². The van der Waals surface area contributed by atoms with Crippen molar-refractivity contribution >= 4 is 23.8 Å². The molecule has 1 amide bonds. The second kappa shape index (κ2) is 7.62. The van der Waals surface area contributed by atoms with E-state index in [1.807, 2.05) is 13.8 Å². The fourth-order valence-electron chi connectivity index (χ4n) is 4.10. The molecule has 152 valence electrons. The van der Waals surface area contributed by atoms with Gasteiger partial charge in [0.25, 0.3) is 0 Å². The number of aliphatic hydroxyl groups excluding tert-OH is 1. The Morgan fingerprint density at radius 2 is 2.22 bits per heavy atom. The van der Waals surface area contributed by atoms with Crippen LogP contribution >= 0.6 is 11.8 Å². The van der Waals surface area contributed by atoms with E-state index in [-0.39, 0.29) is 28.6 Å². The Kier molecular flexibility index (Phi) is 5.77. The van der Waals surface area contributed by atoms with Gasteiger partial charge in [0.15, 0.2) is 0 Å². The molecule has 3 aliphatic rings. The lowest BCUT2D eigenvalue weighted by Gasteiger charge is -2.44. The van der Waals surface area contributed by atoms with Gasteiger partial charge in [0.05, 0.1) is 18.1 Å². The van der Waals surface area contributed by atoms with Crippen molar-refractivity contribution in [1.29, 1.82) is 0 Å². The number of nitrogens with zero attached hydrogens (tertiary/aromatic N) is 1. The summed E-state index contributed by atoms with van der Waals surface area (Å²) in [5.41, 5.74) is 5.87. The summed E-state index contributed by atoms with van der Waals surface area (Å²) in [6.45, 7) is 6.45. The van der Waals surface area contributed by atoms with Gasteiger partial charge in [-0.25, -0.2) is 4.79 Å². The smallest absolute Gasteiger partial charge is 0.449 e. The molecule has 0 aliphatic carbocycles. The largest absolute Gasteiger partial charge is 0.512 e. The SMILES string of the molecule is C[C@@H](O)[C@H]1C(=O)N2C(OC(=O)O)=C(S[C@@H]3CN[C@H](CCC(C)(C)N)C3)C[C@H]12. The Hall–Kier alpha value is -1.29. The number of carbonyl (C=O) groups is 2. The number of fused-ring (bicyclic) bond motifs is 1. The minimum Gasteiger partial charge on any atom is -0.449 e. The van der Waals surface area contributed by atoms with Crippen molar-refractivity contribution in [2.24, 2.45) is 11.7 Å². The standard InChI is InChI=1S/C18H29N3O5S/c1-9(22)14-12-7-13(16(26-17(24)25)21(12)15(14)23)27-11-6-10(20-8-11)4-5-18(2,3)19/h9-12,14,20,22H,4-8,19H2,1-3H3,(H,24,25)/t9-,10-,11+,12-,14-/m1/s1. The fourth-order valence-corrected chi connectivity index (χ4v) is 5.52. The minimum atomic E-state index is -1.43. The molecule has 0 aromatic heterocycles. The highest BCUT2D eigenvalue weighted by Crippen LogP contribution is 2.49. The van der Waals surface area contributed by atoms with Gasteiger partial charge in [-0.05, 0) is 40.0 Å². The maximum atomic E-state index is 12.3. The van der Waals surface area contributed by atoms with E-state index < -0.39 is 18.2 Å². The van der Waals surface area contributed by atoms with Crippen LogP contribution in [0.25, 0.3) is 0 Å². The molecule has 0 saturated carbocycles. The second-order valence-corrected chi connectivity index (χ2v) is 9.85. The van der Waals surface area contributed by atoms with Crippen LogP contribution in [0.1, 0.15) is 46.5 Å². The van der Waals surface area contributed by atoms with E-state index in [0.717, 1.165) is 30.7 Å². The maximum Gasteiger partial charge on any atom is 0.512 e. The number of carbonyl (C=O) groups excluding carboxylic acids is 1. The average molecular weight is 400 g/mol. The number of β-lactam (4-membered cyclic amide) rings is 1. The zero-order chi connectivity index (χ0) is 19.9. The molecule has 3 rings (SSSR count). The third kappa shape index (κ3) is 4.42. The maximum absolute atomic E-state index is 12.3. The molecule has 8 nitrogen and oxygen atoms in total. The monoisotopic (exact) mass is 399 g/mol. The predicted molar refractivity (Wildman–Crippen MR) is 102 cm³/mol. The Bertz CT molecular complexity index is 645. The first-order chi connectivity index (χ1) is 12.6. The molecule has 0 radical (unpaired) electrons. The number of hydrogen-bond donors (Lipinski definition) is 4. The lowest BCUT2D eigenvalue weighted by atomic mass is 9.84. The topological polar surface area (TPSA) is 125 Å². The van der Waals surface area contributed by atoms with Crippen molar-refractivity contribution in [2.45, 2.75) is 75.4 Å². The van der Waals surface area contributed by atoms with Crippen LogP contribution in [0.4, 0.5) is 4.79 Å². The van der Waals surface area contributed by atoms with Crippen LogP contribution in [0.3, 0.4) is 0 Å². The van der Waals surface area contributed by atoms with E-state index in [0.29, 0.717) is 12.5 Å². The Morgan fingerprint density at radius 1 is 1.52 bits per heavy atom. The quantitative estimate of drug-likeness (QED) is 0.374. The van der Waals surface area contributed by atoms with Gasteiger partial charge in [0.2, 0.25) is 11.8 Å². The number of ether oxygens (including phenoxy) is 1. The molecule has 2 fully saturated rings. The molecule has 3 aliphatic heterocycles. The third-order valence-electron chi connectivity index (χ3n) is 5.45. The van der Waals surface area contributed by atoms with Crippen LogP contribution in [0, 0.1) is 5.92 Å². The first-order valence-electron chi connectivity index (χ1n) is 9.41. The normalized spacial score (nSPS) is 31.7. The number of thioether (sulfide) groups is 1. The first-order valence-corrected chi connectivity index (χ1v) is 10.3. The molecule has 0 unspecified atom stereocenters. The Labute approximate surface area is 163 Å². The minimum absolute atomic E-state index is 0.131. The van der Waals surface area contributed by atoms with Gasteiger partial charge in [0.1, 0.15) is 0 Å². The zero-order valence-corrected chi connectivity index (χ0v) is 16.8. The van der Waals surface area contributed by atoms with E-state index in [1.54, 1.807) is 18.7 Å². The van der Waals surface area contributed by atoms with Crippen LogP contribution in [0.15, 0.2) is 10.8 Å². The average Bonchev–Trinajstić information content (AvgIpc) is 3.07. The van der Waals surface area contributed by atoms with Crippen molar-refractivity contribution in [3.05, 3.63) is 10.8 Å². The van der Waals surface area contributed by atoms with Crippen LogP contribution in [0.5, 0.6) is 0 Å². The number of amides is 1. The van der Waals surface area contributed by atoms with E-state index in [1.165, 1.54) is 4.90 Å². The molecule has 5 atom stereocenters. The summed E-state index contributed by atoms with van der Waals surface area (Å²) >= 11 is 1.59. The molecular formula is C18H29N3O5S. The summed E-state index contributed by atoms with van der Waals surface area (Å²) in [5.74, 6) is -0.628. The number of hydrogen-bond acceptors (Lipinski definition) is 7. The predicted octanol–water partition coefficient (Wildman–Crippen LogP) is 1.44. The van der Waals surface area contributed by atoms with Gasteiger partial charge in [-0.1, -0.05) is 0 Å². The highest BCUT2D eigenvalue weighted by molar-refractivity contribution is 8.03. The van der Waals surface area contributed by atoms with Crippen molar-refractivity contribution in [3.8, 4) is 0 Å². The first kappa shape index (κ1) is 20.4. The molecule has 3 heterocycles. The summed E-state index contributed by atoms with van der Waals surface area (Å²) in [6, 6.07) is 0.178. The van der Waals surface area contributed by atoms with E-state index in [2.05, 4.69) is 5.32 Å². The van der Waals surface area contributed by atoms with E-state index in [4.69, 9.17) is 15.6 Å². The summed E-state index contributed by atoms with van der Waals surface area (Å²) in [5, 5.41) is 22.7. The third-order valence-corrected chi connectivity index (χ3v) is 6.77. The van der Waals surface area contributed by atoms with Gasteiger partial charge in [-0.2, -0.15) is 0 Å². The number of aliphatic hydroxyl groups is 1. The summed E-state index contributed by atoms with van der Waals surface area (Å²) < 4.78 is 4.95. The van der Waals surface area contributed by atoms with Crippen molar-refractivity contribution in [1.82, 2.24) is 10.2 Å². The van der Waals surface area contributed by atoms with Gasteiger partial charge in [-0.15, -0.1) is 11.8 Å². The summed E-state index contributed by atoms with van der Waals surface area (Å²) in [4.78, 5) is 25.6. The van der Waals surface area contributed by atoms with Crippen LogP contribution < -0.4 is 11.1 Å². The fraction of sp³-hybridized carbons (Fsp3) is 0.778. The number of nitrogens with two attached hydrogens (primary N) is 1. The van der Waals surface area contributed by atoms with Crippen LogP contribution in [-0.2, 0) is 9.53 Å². The second-order valence-electron chi connectivity index (χ2n) is 8.45. The Morgan fingerprint density at radius 3 is 2.81 bits per heavy atom. The van der Waals surface area contributed by atoms with Gasteiger partial charge in [0, 0.05) is 34.7 Å². The molecule has 5 N–H and O–H groups in total. The van der Waals surface area contributed by atoms with E-state index in [9.17, 15) is 14.7 Å². The van der Waals surface area contributed by atoms with Gasteiger partial charge in [-0.3, -0.25) is 9.69 Å². The lowest BCUT2D eigenvalue weighted by molar-refractivity contribution is -0.160. The zero-order valence-electron chi connectivity index (χ0n) is 16.0. The number of nitrogens with one attached hydrogen (secondary N) is 1. The highest BCUT2D eigenvalue weighted by atomic mass is 32.2. The van der Waals surface area contributed by atoms with Crippen molar-refractivity contribution < 1.29 is 24.5 Å².